The van der Waals surface area contributed by atoms with Crippen molar-refractivity contribution in [3.63, 3.8) is 0 Å². The normalized spacial score (nSPS) is 23.8. The highest BCUT2D eigenvalue weighted by atomic mass is 16.5. The molecule has 1 aromatic rings. The van der Waals surface area contributed by atoms with Crippen LogP contribution in [0, 0.1) is 11.3 Å². The van der Waals surface area contributed by atoms with Gasteiger partial charge in [-0.15, -0.1) is 0 Å². The zero-order chi connectivity index (χ0) is 23.0. The Morgan fingerprint density at radius 1 is 1.03 bits per heavy atom. The first-order valence-electron chi connectivity index (χ1n) is 12.5. The van der Waals surface area contributed by atoms with Gasteiger partial charge in [-0.05, 0) is 35.9 Å². The third-order valence-corrected chi connectivity index (χ3v) is 6.85. The summed E-state index contributed by atoms with van der Waals surface area (Å²) in [7, 11) is 1.84. The molecule has 0 aromatic heterocycles. The zero-order valence-electron chi connectivity index (χ0n) is 21.0. The monoisotopic (exact) mass is 443 g/mol. The number of hydrogen-bond donors (Lipinski definition) is 2. The molecule has 1 aromatic carbocycles. The molecule has 2 saturated heterocycles. The largest absolute Gasteiger partial charge is 0.377 e. The van der Waals surface area contributed by atoms with Crippen LogP contribution in [-0.4, -0.2) is 74.8 Å². The van der Waals surface area contributed by atoms with E-state index in [1.807, 2.05) is 7.05 Å². The van der Waals surface area contributed by atoms with Crippen LogP contribution in [0.4, 0.5) is 0 Å². The smallest absolute Gasteiger partial charge is 0.191 e. The summed E-state index contributed by atoms with van der Waals surface area (Å²) in [4.78, 5) is 9.51. The summed E-state index contributed by atoms with van der Waals surface area (Å²) >= 11 is 0. The minimum Gasteiger partial charge on any atom is -0.377 e. The van der Waals surface area contributed by atoms with Crippen molar-refractivity contribution in [2.24, 2.45) is 16.3 Å². The average molecular weight is 444 g/mol. The molecule has 0 aliphatic carbocycles. The average Bonchev–Trinajstić information content (AvgIpc) is 2.80. The van der Waals surface area contributed by atoms with Crippen molar-refractivity contribution in [1.82, 2.24) is 20.4 Å². The maximum atomic E-state index is 6.12. The second-order valence-corrected chi connectivity index (χ2v) is 10.4. The number of benzene rings is 1. The lowest BCUT2D eigenvalue weighted by molar-refractivity contribution is -0.0835. The number of piperazine rings is 1. The summed E-state index contributed by atoms with van der Waals surface area (Å²) in [5.41, 5.74) is 2.84. The molecule has 32 heavy (non-hydrogen) atoms. The molecule has 2 aliphatic rings. The van der Waals surface area contributed by atoms with E-state index in [4.69, 9.17) is 4.74 Å². The second-order valence-electron chi connectivity index (χ2n) is 10.4. The van der Waals surface area contributed by atoms with Gasteiger partial charge in [0.1, 0.15) is 0 Å². The Morgan fingerprint density at radius 3 is 2.31 bits per heavy atom. The van der Waals surface area contributed by atoms with Gasteiger partial charge in [-0.2, -0.15) is 0 Å². The molecule has 0 saturated carbocycles. The van der Waals surface area contributed by atoms with Crippen LogP contribution in [0.5, 0.6) is 0 Å². The van der Waals surface area contributed by atoms with Crippen LogP contribution in [0.3, 0.4) is 0 Å². The number of nitrogens with zero attached hydrogens (tertiary/aromatic N) is 3. The Hall–Kier alpha value is -1.63. The summed E-state index contributed by atoms with van der Waals surface area (Å²) in [6.07, 6.45) is 2.64. The van der Waals surface area contributed by atoms with Crippen LogP contribution in [0.15, 0.2) is 29.3 Å². The molecule has 2 N–H and O–H groups in total. The van der Waals surface area contributed by atoms with Gasteiger partial charge in [0.05, 0.1) is 6.10 Å². The molecule has 0 spiro atoms. The van der Waals surface area contributed by atoms with Crippen molar-refractivity contribution >= 4 is 5.96 Å². The van der Waals surface area contributed by atoms with E-state index in [9.17, 15) is 0 Å². The lowest BCUT2D eigenvalue weighted by Crippen LogP contribution is -2.47. The standard InChI is InChI=1S/C26H45N5O/c1-6-30-13-15-31(16-14-30)20-22-11-9-21(10-12-22)18-28-25(27-5)29-19-23-8-7-17-32-24(23)26(2,3)4/h9-12,23-24H,6-8,13-20H2,1-5H3,(H2,27,28,29). The van der Waals surface area contributed by atoms with Gasteiger partial charge >= 0.3 is 0 Å². The van der Waals surface area contributed by atoms with E-state index in [-0.39, 0.29) is 5.41 Å². The molecule has 0 radical (unpaired) electrons. The third-order valence-electron chi connectivity index (χ3n) is 6.85. The summed E-state index contributed by atoms with van der Waals surface area (Å²) in [6, 6.07) is 9.02. The molecule has 2 heterocycles. The first-order chi connectivity index (χ1) is 15.4. The highest BCUT2D eigenvalue weighted by Gasteiger charge is 2.35. The summed E-state index contributed by atoms with van der Waals surface area (Å²) < 4.78 is 6.12. The van der Waals surface area contributed by atoms with Crippen LogP contribution < -0.4 is 10.6 Å². The van der Waals surface area contributed by atoms with Crippen molar-refractivity contribution in [1.29, 1.82) is 0 Å². The van der Waals surface area contributed by atoms with Crippen molar-refractivity contribution in [3.05, 3.63) is 35.4 Å². The maximum Gasteiger partial charge on any atom is 0.191 e. The van der Waals surface area contributed by atoms with Crippen molar-refractivity contribution in [3.8, 4) is 0 Å². The molecule has 0 bridgehead atoms. The molecule has 2 atom stereocenters. The van der Waals surface area contributed by atoms with Gasteiger partial charge in [-0.25, -0.2) is 0 Å². The van der Waals surface area contributed by atoms with Crippen molar-refractivity contribution in [2.45, 2.75) is 59.7 Å². The number of rotatable bonds is 7. The number of hydrogen-bond acceptors (Lipinski definition) is 4. The predicted octanol–water partition coefficient (Wildman–Crippen LogP) is 3.33. The summed E-state index contributed by atoms with van der Waals surface area (Å²) in [5, 5.41) is 7.01. The molecule has 180 valence electrons. The molecule has 2 fully saturated rings. The van der Waals surface area contributed by atoms with Gasteiger partial charge in [-0.3, -0.25) is 9.89 Å². The van der Waals surface area contributed by atoms with Crippen molar-refractivity contribution in [2.75, 3.05) is 52.9 Å². The molecule has 6 heteroatoms. The Balaban J connectivity index is 1.43. The molecule has 2 unspecified atom stereocenters. The fourth-order valence-corrected chi connectivity index (χ4v) is 4.93. The number of likely N-dealkylation sites (N-methyl/N-ethyl adjacent to an activating group) is 1. The fraction of sp³-hybridized carbons (Fsp3) is 0.731. The van der Waals surface area contributed by atoms with E-state index in [1.165, 1.54) is 50.3 Å². The fourth-order valence-electron chi connectivity index (χ4n) is 4.93. The van der Waals surface area contributed by atoms with Crippen LogP contribution in [0.25, 0.3) is 0 Å². The second kappa shape index (κ2) is 12.0. The highest BCUT2D eigenvalue weighted by Crippen LogP contribution is 2.33. The highest BCUT2D eigenvalue weighted by molar-refractivity contribution is 5.79. The Morgan fingerprint density at radius 2 is 1.69 bits per heavy atom. The van der Waals surface area contributed by atoms with E-state index >= 15 is 0 Å². The maximum absolute atomic E-state index is 6.12. The van der Waals surface area contributed by atoms with E-state index in [1.54, 1.807) is 0 Å². The summed E-state index contributed by atoms with van der Waals surface area (Å²) in [5.74, 6) is 1.38. The lowest BCUT2D eigenvalue weighted by atomic mass is 9.78. The SMILES string of the molecule is CCN1CCN(Cc2ccc(CNC(=NC)NCC3CCCOC3C(C)(C)C)cc2)CC1. The third kappa shape index (κ3) is 7.46. The number of guanidine groups is 1. The Labute approximate surface area is 195 Å². The molecule has 3 rings (SSSR count). The van der Waals surface area contributed by atoms with Crippen LogP contribution >= 0.6 is 0 Å². The first kappa shape index (κ1) is 25.0. The van der Waals surface area contributed by atoms with Gasteiger partial charge in [0, 0.05) is 65.4 Å². The van der Waals surface area contributed by atoms with Gasteiger partial charge < -0.3 is 20.3 Å². The summed E-state index contributed by atoms with van der Waals surface area (Å²) in [6.45, 7) is 18.6. The minimum atomic E-state index is 0.162. The Bertz CT molecular complexity index is 704. The molecular formula is C26H45N5O. The minimum absolute atomic E-state index is 0.162. The van der Waals surface area contributed by atoms with Crippen LogP contribution in [0.1, 0.15) is 51.7 Å². The predicted molar refractivity (Wildman–Crippen MR) is 134 cm³/mol. The van der Waals surface area contributed by atoms with Crippen LogP contribution in [-0.2, 0) is 17.8 Å². The van der Waals surface area contributed by atoms with E-state index in [0.717, 1.165) is 38.6 Å². The van der Waals surface area contributed by atoms with E-state index < -0.39 is 0 Å². The first-order valence-corrected chi connectivity index (χ1v) is 12.5. The van der Waals surface area contributed by atoms with Crippen LogP contribution in [0.2, 0.25) is 0 Å². The zero-order valence-corrected chi connectivity index (χ0v) is 21.0. The number of nitrogens with one attached hydrogen (secondary N) is 2. The topological polar surface area (TPSA) is 52.1 Å². The van der Waals surface area contributed by atoms with Crippen molar-refractivity contribution < 1.29 is 4.74 Å². The van der Waals surface area contributed by atoms with Gasteiger partial charge in [-0.1, -0.05) is 52.0 Å². The number of aliphatic imine (C=N–C) groups is 1. The van der Waals surface area contributed by atoms with Gasteiger partial charge in [0.15, 0.2) is 5.96 Å². The van der Waals surface area contributed by atoms with Gasteiger partial charge in [0.2, 0.25) is 0 Å². The van der Waals surface area contributed by atoms with Gasteiger partial charge in [0.25, 0.3) is 0 Å². The van der Waals surface area contributed by atoms with E-state index in [2.05, 4.69) is 77.4 Å². The quantitative estimate of drug-likeness (QED) is 0.500. The number of ether oxygens (including phenoxy) is 1. The lowest BCUT2D eigenvalue weighted by Gasteiger charge is -2.40. The molecule has 2 aliphatic heterocycles. The molecular weight excluding hydrogens is 398 g/mol. The molecule has 0 amide bonds. The Kier molecular flexibility index (Phi) is 9.38. The molecule has 6 nitrogen and oxygen atoms in total. The van der Waals surface area contributed by atoms with E-state index in [0.29, 0.717) is 12.0 Å².